The van der Waals surface area contributed by atoms with Gasteiger partial charge < -0.3 is 10.1 Å². The average molecular weight is 327 g/mol. The van der Waals surface area contributed by atoms with E-state index in [1.54, 1.807) is 7.11 Å². The first kappa shape index (κ1) is 15.3. The molecule has 0 aliphatic carbocycles. The molecule has 0 unspecified atom stereocenters. The number of fused-ring (bicyclic) bond motifs is 1. The van der Waals surface area contributed by atoms with Gasteiger partial charge in [-0.1, -0.05) is 41.7 Å². The van der Waals surface area contributed by atoms with E-state index in [1.165, 1.54) is 11.3 Å². The number of aromatic nitrogens is 1. The molecule has 0 bridgehead atoms. The summed E-state index contributed by atoms with van der Waals surface area (Å²) in [4.78, 5) is 16.6. The summed E-state index contributed by atoms with van der Waals surface area (Å²) in [6.07, 6.45) is 0. The van der Waals surface area contributed by atoms with Crippen molar-refractivity contribution in [1.29, 1.82) is 0 Å². The summed E-state index contributed by atoms with van der Waals surface area (Å²) >= 11 is 1.45. The van der Waals surface area contributed by atoms with Crippen molar-refractivity contribution in [3.63, 3.8) is 0 Å². The summed E-state index contributed by atoms with van der Waals surface area (Å²) in [5.41, 5.74) is 1.81. The van der Waals surface area contributed by atoms with Crippen molar-refractivity contribution in [2.24, 2.45) is 0 Å². The number of carbonyl (C=O) groups excluding carboxylic acids is 1. The monoisotopic (exact) mass is 327 g/mol. The van der Waals surface area contributed by atoms with Crippen LogP contribution in [0.2, 0.25) is 0 Å². The molecular weight excluding hydrogens is 310 g/mol. The first-order valence-corrected chi connectivity index (χ1v) is 8.05. The third-order valence-electron chi connectivity index (χ3n) is 3.47. The van der Waals surface area contributed by atoms with Gasteiger partial charge in [0.1, 0.15) is 5.75 Å². The molecule has 0 aliphatic rings. The third-order valence-corrected chi connectivity index (χ3v) is 4.42. The number of anilines is 1. The van der Waals surface area contributed by atoms with Gasteiger partial charge in [0.05, 0.1) is 23.4 Å². The maximum absolute atomic E-state index is 12.2. The number of rotatable bonds is 4. The minimum Gasteiger partial charge on any atom is -0.496 e. The van der Waals surface area contributed by atoms with Crippen molar-refractivity contribution in [3.05, 3.63) is 54.1 Å². The molecule has 1 atom stereocenters. The van der Waals surface area contributed by atoms with Crippen LogP contribution in [-0.2, 0) is 0 Å². The zero-order chi connectivity index (χ0) is 16.2. The first-order valence-electron chi connectivity index (χ1n) is 7.23. The molecule has 2 amide bonds. The smallest absolute Gasteiger partial charge is 0.321 e. The molecule has 0 spiro atoms. The van der Waals surface area contributed by atoms with E-state index in [1.807, 2.05) is 55.5 Å². The van der Waals surface area contributed by atoms with Crippen molar-refractivity contribution in [2.45, 2.75) is 13.0 Å². The van der Waals surface area contributed by atoms with Crippen molar-refractivity contribution in [1.82, 2.24) is 10.3 Å². The van der Waals surface area contributed by atoms with Gasteiger partial charge in [-0.2, -0.15) is 0 Å². The lowest BCUT2D eigenvalue weighted by Crippen LogP contribution is -2.31. The van der Waals surface area contributed by atoms with E-state index in [9.17, 15) is 4.79 Å². The maximum Gasteiger partial charge on any atom is 0.321 e. The number of carbonyl (C=O) groups is 1. The Hall–Kier alpha value is -2.60. The van der Waals surface area contributed by atoms with E-state index in [0.29, 0.717) is 5.13 Å². The minimum atomic E-state index is -0.289. The van der Waals surface area contributed by atoms with Crippen LogP contribution in [0.1, 0.15) is 18.5 Å². The Balaban J connectivity index is 1.69. The quantitative estimate of drug-likeness (QED) is 0.755. The molecule has 0 fully saturated rings. The van der Waals surface area contributed by atoms with Crippen molar-refractivity contribution < 1.29 is 9.53 Å². The van der Waals surface area contributed by atoms with E-state index in [-0.39, 0.29) is 12.1 Å². The lowest BCUT2D eigenvalue weighted by atomic mass is 10.1. The fourth-order valence-corrected chi connectivity index (χ4v) is 3.22. The molecule has 0 saturated carbocycles. The van der Waals surface area contributed by atoms with E-state index in [0.717, 1.165) is 21.5 Å². The molecule has 3 aromatic rings. The minimum absolute atomic E-state index is 0.180. The molecule has 0 aliphatic heterocycles. The molecule has 0 saturated heterocycles. The van der Waals surface area contributed by atoms with Gasteiger partial charge in [0, 0.05) is 5.56 Å². The number of nitrogens with zero attached hydrogens (tertiary/aromatic N) is 1. The molecular formula is C17H17N3O2S. The van der Waals surface area contributed by atoms with Crippen LogP contribution >= 0.6 is 11.3 Å². The van der Waals surface area contributed by atoms with E-state index in [4.69, 9.17) is 4.74 Å². The summed E-state index contributed by atoms with van der Waals surface area (Å²) in [5, 5.41) is 6.27. The lowest BCUT2D eigenvalue weighted by molar-refractivity contribution is 0.249. The molecule has 0 radical (unpaired) electrons. The maximum atomic E-state index is 12.2. The van der Waals surface area contributed by atoms with Crippen molar-refractivity contribution >= 4 is 32.7 Å². The van der Waals surface area contributed by atoms with Crippen LogP contribution in [0.15, 0.2) is 48.5 Å². The Morgan fingerprint density at radius 2 is 1.91 bits per heavy atom. The zero-order valence-corrected chi connectivity index (χ0v) is 13.7. The van der Waals surface area contributed by atoms with Crippen LogP contribution < -0.4 is 15.4 Å². The Bertz CT molecular complexity index is 798. The number of benzene rings is 2. The highest BCUT2D eigenvalue weighted by Crippen LogP contribution is 2.26. The summed E-state index contributed by atoms with van der Waals surface area (Å²) in [7, 11) is 1.62. The van der Waals surface area contributed by atoms with Gasteiger partial charge in [-0.25, -0.2) is 9.78 Å². The predicted molar refractivity (Wildman–Crippen MR) is 93.2 cm³/mol. The zero-order valence-electron chi connectivity index (χ0n) is 12.9. The third kappa shape index (κ3) is 3.43. The number of nitrogens with one attached hydrogen (secondary N) is 2. The predicted octanol–water partition coefficient (Wildman–Crippen LogP) is 4.19. The highest BCUT2D eigenvalue weighted by Gasteiger charge is 2.14. The number of amides is 2. The number of ether oxygens (including phenoxy) is 1. The normalized spacial score (nSPS) is 11.9. The summed E-state index contributed by atoms with van der Waals surface area (Å²) in [6.45, 7) is 1.91. The fourth-order valence-electron chi connectivity index (χ4n) is 2.36. The molecule has 1 heterocycles. The lowest BCUT2D eigenvalue weighted by Gasteiger charge is -2.17. The van der Waals surface area contributed by atoms with E-state index >= 15 is 0 Å². The van der Waals surface area contributed by atoms with Crippen LogP contribution in [0.4, 0.5) is 9.93 Å². The highest BCUT2D eigenvalue weighted by molar-refractivity contribution is 7.22. The molecule has 6 heteroatoms. The Kier molecular flexibility index (Phi) is 4.43. The van der Waals surface area contributed by atoms with E-state index in [2.05, 4.69) is 15.6 Å². The van der Waals surface area contributed by atoms with Gasteiger partial charge in [-0.3, -0.25) is 5.32 Å². The second-order valence-electron chi connectivity index (χ2n) is 5.05. The summed E-state index contributed by atoms with van der Waals surface area (Å²) in [5.74, 6) is 0.750. The number of urea groups is 1. The largest absolute Gasteiger partial charge is 0.496 e. The van der Waals surface area contributed by atoms with Crippen LogP contribution in [0.5, 0.6) is 5.75 Å². The number of para-hydroxylation sites is 2. The van der Waals surface area contributed by atoms with E-state index < -0.39 is 0 Å². The van der Waals surface area contributed by atoms with Crippen LogP contribution in [0.25, 0.3) is 10.2 Å². The SMILES string of the molecule is COc1ccccc1[C@H](C)NC(=O)Nc1nc2ccccc2s1. The molecule has 3 rings (SSSR count). The molecule has 1 aromatic heterocycles. The van der Waals surface area contributed by atoms with Gasteiger partial charge in [0.2, 0.25) is 0 Å². The van der Waals surface area contributed by atoms with Crippen molar-refractivity contribution in [2.75, 3.05) is 12.4 Å². The number of hydrogen-bond donors (Lipinski definition) is 2. The second-order valence-corrected chi connectivity index (χ2v) is 6.08. The van der Waals surface area contributed by atoms with Crippen LogP contribution in [0, 0.1) is 0 Å². The van der Waals surface area contributed by atoms with Crippen LogP contribution in [-0.4, -0.2) is 18.1 Å². The molecule has 5 nitrogen and oxygen atoms in total. The van der Waals surface area contributed by atoms with Gasteiger partial charge >= 0.3 is 6.03 Å². The topological polar surface area (TPSA) is 63.2 Å². The Morgan fingerprint density at radius 1 is 1.17 bits per heavy atom. The summed E-state index contributed by atoms with van der Waals surface area (Å²) in [6, 6.07) is 14.9. The van der Waals surface area contributed by atoms with Crippen molar-refractivity contribution in [3.8, 4) is 5.75 Å². The molecule has 118 valence electrons. The number of thiazole rings is 1. The Morgan fingerprint density at radius 3 is 2.70 bits per heavy atom. The molecule has 2 aromatic carbocycles. The van der Waals surface area contributed by atoms with Gasteiger partial charge in [0.25, 0.3) is 0 Å². The summed E-state index contributed by atoms with van der Waals surface area (Å²) < 4.78 is 6.37. The standard InChI is InChI=1S/C17H17N3O2S/c1-11(12-7-3-5-9-14(12)22-2)18-16(21)20-17-19-13-8-4-6-10-15(13)23-17/h3-11H,1-2H3,(H2,18,19,20,21)/t11-/m0/s1. The second kappa shape index (κ2) is 6.66. The number of hydrogen-bond acceptors (Lipinski definition) is 4. The highest BCUT2D eigenvalue weighted by atomic mass is 32.1. The van der Waals surface area contributed by atoms with Gasteiger partial charge in [-0.15, -0.1) is 0 Å². The fraction of sp³-hybridized carbons (Fsp3) is 0.176. The van der Waals surface area contributed by atoms with Gasteiger partial charge in [-0.05, 0) is 25.1 Å². The molecule has 2 N–H and O–H groups in total. The Labute approximate surface area is 138 Å². The van der Waals surface area contributed by atoms with Crippen LogP contribution in [0.3, 0.4) is 0 Å². The average Bonchev–Trinajstić information content (AvgIpc) is 2.96. The van der Waals surface area contributed by atoms with Gasteiger partial charge in [0.15, 0.2) is 5.13 Å². The first-order chi connectivity index (χ1) is 11.2. The molecule has 23 heavy (non-hydrogen) atoms. The number of methoxy groups -OCH3 is 1.